The lowest BCUT2D eigenvalue weighted by Crippen LogP contribution is -2.51. The van der Waals surface area contributed by atoms with E-state index < -0.39 is 11.8 Å². The number of carbonyl (C=O) groups is 1. The third-order valence-electron chi connectivity index (χ3n) is 2.40. The molecule has 0 fully saturated rings. The highest BCUT2D eigenvalue weighted by atomic mass is 16.7. The van der Waals surface area contributed by atoms with Gasteiger partial charge in [-0.1, -0.05) is 13.0 Å². The number of carbonyl (C=O) groups excluding carboxylic acids is 1. The van der Waals surface area contributed by atoms with E-state index in [-0.39, 0.29) is 5.92 Å². The highest BCUT2D eigenvalue weighted by molar-refractivity contribution is 5.92. The van der Waals surface area contributed by atoms with Crippen LogP contribution in [-0.4, -0.2) is 33.1 Å². The molecule has 4 heteroatoms. The SMILES string of the molecule is COC(=O)C1=CC(C)C1(OC)OC. The standard InChI is InChI=1S/C9H14O4/c1-6-5-7(8(10)11-2)9(6,12-3)13-4/h5-6H,1-4H3. The maximum absolute atomic E-state index is 11.2. The van der Waals surface area contributed by atoms with E-state index in [1.54, 1.807) is 6.08 Å². The Bertz CT molecular complexity index is 240. The van der Waals surface area contributed by atoms with Crippen molar-refractivity contribution in [1.82, 2.24) is 0 Å². The zero-order chi connectivity index (χ0) is 10.1. The second kappa shape index (κ2) is 3.47. The lowest BCUT2D eigenvalue weighted by atomic mass is 9.80. The van der Waals surface area contributed by atoms with E-state index in [1.165, 1.54) is 21.3 Å². The third kappa shape index (κ3) is 1.26. The summed E-state index contributed by atoms with van der Waals surface area (Å²) in [6, 6.07) is 0. The summed E-state index contributed by atoms with van der Waals surface area (Å²) in [4.78, 5) is 11.2. The van der Waals surface area contributed by atoms with Crippen molar-refractivity contribution < 1.29 is 19.0 Å². The van der Waals surface area contributed by atoms with Gasteiger partial charge in [-0.2, -0.15) is 0 Å². The van der Waals surface area contributed by atoms with Gasteiger partial charge in [0, 0.05) is 20.1 Å². The summed E-state index contributed by atoms with van der Waals surface area (Å²) in [6.07, 6.45) is 1.78. The van der Waals surface area contributed by atoms with Crippen molar-refractivity contribution in [3.05, 3.63) is 11.6 Å². The molecular weight excluding hydrogens is 172 g/mol. The molecule has 0 radical (unpaired) electrons. The second-order valence-corrected chi connectivity index (χ2v) is 2.94. The first-order valence-electron chi connectivity index (χ1n) is 4.03. The topological polar surface area (TPSA) is 44.8 Å². The second-order valence-electron chi connectivity index (χ2n) is 2.94. The van der Waals surface area contributed by atoms with Crippen LogP contribution < -0.4 is 0 Å². The van der Waals surface area contributed by atoms with Gasteiger partial charge in [-0.3, -0.25) is 0 Å². The predicted octanol–water partition coefficient (Wildman–Crippen LogP) is 0.725. The average Bonchev–Trinajstić information content (AvgIpc) is 2.15. The van der Waals surface area contributed by atoms with Crippen LogP contribution in [0.1, 0.15) is 6.92 Å². The zero-order valence-electron chi connectivity index (χ0n) is 8.29. The molecule has 1 aliphatic rings. The van der Waals surface area contributed by atoms with Crippen molar-refractivity contribution in [2.24, 2.45) is 5.92 Å². The van der Waals surface area contributed by atoms with Gasteiger partial charge in [-0.05, 0) is 0 Å². The van der Waals surface area contributed by atoms with Gasteiger partial charge in [0.1, 0.15) is 0 Å². The van der Waals surface area contributed by atoms with Crippen LogP contribution in [0.5, 0.6) is 0 Å². The number of hydrogen-bond acceptors (Lipinski definition) is 4. The van der Waals surface area contributed by atoms with Crippen molar-refractivity contribution >= 4 is 5.97 Å². The molecule has 74 valence electrons. The Balaban J connectivity index is 2.89. The van der Waals surface area contributed by atoms with Gasteiger partial charge in [0.15, 0.2) is 0 Å². The first-order chi connectivity index (χ1) is 6.12. The minimum Gasteiger partial charge on any atom is -0.466 e. The van der Waals surface area contributed by atoms with Crippen LogP contribution in [0, 0.1) is 5.92 Å². The van der Waals surface area contributed by atoms with E-state index in [0.717, 1.165) is 0 Å². The molecule has 1 aliphatic carbocycles. The third-order valence-corrected chi connectivity index (χ3v) is 2.40. The Morgan fingerprint density at radius 1 is 1.38 bits per heavy atom. The van der Waals surface area contributed by atoms with Gasteiger partial charge in [0.05, 0.1) is 12.7 Å². The van der Waals surface area contributed by atoms with Crippen LogP contribution in [0.3, 0.4) is 0 Å². The molecule has 0 saturated carbocycles. The first kappa shape index (κ1) is 10.2. The van der Waals surface area contributed by atoms with Crippen molar-refractivity contribution in [2.45, 2.75) is 12.7 Å². The highest BCUT2D eigenvalue weighted by Gasteiger charge is 2.51. The quantitative estimate of drug-likeness (QED) is 0.481. The maximum atomic E-state index is 11.2. The van der Waals surface area contributed by atoms with Gasteiger partial charge < -0.3 is 14.2 Å². The summed E-state index contributed by atoms with van der Waals surface area (Å²) < 4.78 is 15.0. The smallest absolute Gasteiger partial charge is 0.338 e. The van der Waals surface area contributed by atoms with E-state index in [2.05, 4.69) is 4.74 Å². The molecule has 0 aromatic heterocycles. The monoisotopic (exact) mass is 186 g/mol. The molecule has 1 rings (SSSR count). The molecule has 0 amide bonds. The van der Waals surface area contributed by atoms with Crippen LogP contribution in [0.25, 0.3) is 0 Å². The minimum absolute atomic E-state index is 0.0663. The Hall–Kier alpha value is -0.870. The number of esters is 1. The van der Waals surface area contributed by atoms with E-state index in [1.807, 2.05) is 6.92 Å². The Morgan fingerprint density at radius 2 is 1.92 bits per heavy atom. The molecule has 0 spiro atoms. The fourth-order valence-corrected chi connectivity index (χ4v) is 1.62. The van der Waals surface area contributed by atoms with Crippen LogP contribution in [0.2, 0.25) is 0 Å². The molecular formula is C9H14O4. The van der Waals surface area contributed by atoms with Gasteiger partial charge in [0.25, 0.3) is 0 Å². The van der Waals surface area contributed by atoms with E-state index in [4.69, 9.17) is 9.47 Å². The van der Waals surface area contributed by atoms with E-state index in [9.17, 15) is 4.79 Å². The van der Waals surface area contributed by atoms with Crippen LogP contribution >= 0.6 is 0 Å². The van der Waals surface area contributed by atoms with E-state index >= 15 is 0 Å². The van der Waals surface area contributed by atoms with E-state index in [0.29, 0.717) is 5.57 Å². The summed E-state index contributed by atoms with van der Waals surface area (Å²) in [7, 11) is 4.36. The molecule has 0 N–H and O–H groups in total. The Kier molecular flexibility index (Phi) is 2.73. The fraction of sp³-hybridized carbons (Fsp3) is 0.667. The molecule has 1 atom stereocenters. The number of ether oxygens (including phenoxy) is 3. The van der Waals surface area contributed by atoms with Crippen LogP contribution in [-0.2, 0) is 19.0 Å². The number of methoxy groups -OCH3 is 3. The summed E-state index contributed by atoms with van der Waals surface area (Å²) in [5, 5.41) is 0. The lowest BCUT2D eigenvalue weighted by Gasteiger charge is -2.42. The Labute approximate surface area is 77.5 Å². The molecule has 0 saturated heterocycles. The van der Waals surface area contributed by atoms with Crippen molar-refractivity contribution in [3.63, 3.8) is 0 Å². The first-order valence-corrected chi connectivity index (χ1v) is 4.03. The maximum Gasteiger partial charge on any atom is 0.338 e. The minimum atomic E-state index is -0.910. The summed E-state index contributed by atoms with van der Waals surface area (Å²) in [5.74, 6) is -1.24. The number of rotatable bonds is 3. The molecule has 1 unspecified atom stereocenters. The van der Waals surface area contributed by atoms with Gasteiger partial charge in [-0.15, -0.1) is 0 Å². The average molecular weight is 186 g/mol. The molecule has 0 heterocycles. The zero-order valence-corrected chi connectivity index (χ0v) is 8.29. The predicted molar refractivity (Wildman–Crippen MR) is 46.0 cm³/mol. The lowest BCUT2D eigenvalue weighted by molar-refractivity contribution is -0.219. The fourth-order valence-electron chi connectivity index (χ4n) is 1.62. The van der Waals surface area contributed by atoms with Crippen molar-refractivity contribution in [3.8, 4) is 0 Å². The summed E-state index contributed by atoms with van der Waals surface area (Å²) in [6.45, 7) is 1.92. The van der Waals surface area contributed by atoms with Crippen LogP contribution in [0.15, 0.2) is 11.6 Å². The molecule has 4 nitrogen and oxygen atoms in total. The van der Waals surface area contributed by atoms with Crippen molar-refractivity contribution in [2.75, 3.05) is 21.3 Å². The Morgan fingerprint density at radius 3 is 2.23 bits per heavy atom. The summed E-state index contributed by atoms with van der Waals surface area (Å²) in [5.41, 5.74) is 0.438. The number of hydrogen-bond donors (Lipinski definition) is 0. The normalized spacial score (nSPS) is 24.6. The molecule has 13 heavy (non-hydrogen) atoms. The van der Waals surface area contributed by atoms with Gasteiger partial charge >= 0.3 is 5.97 Å². The highest BCUT2D eigenvalue weighted by Crippen LogP contribution is 2.41. The molecule has 0 aromatic carbocycles. The summed E-state index contributed by atoms with van der Waals surface area (Å²) >= 11 is 0. The van der Waals surface area contributed by atoms with Crippen LogP contribution in [0.4, 0.5) is 0 Å². The molecule has 0 aromatic rings. The largest absolute Gasteiger partial charge is 0.466 e. The van der Waals surface area contributed by atoms with Gasteiger partial charge in [-0.25, -0.2) is 4.79 Å². The molecule has 0 aliphatic heterocycles. The van der Waals surface area contributed by atoms with Crippen molar-refractivity contribution in [1.29, 1.82) is 0 Å². The van der Waals surface area contributed by atoms with Gasteiger partial charge in [0.2, 0.25) is 5.79 Å². The molecule has 0 bridgehead atoms.